The molecule has 0 heterocycles. The van der Waals surface area contributed by atoms with Gasteiger partial charge in [-0.1, -0.05) is 91.8 Å². The Labute approximate surface area is 213 Å². The van der Waals surface area contributed by atoms with Crippen LogP contribution in [0.1, 0.15) is 55.4 Å². The average molecular weight is 475 g/mol. The fraction of sp³-hybridized carbons (Fsp3) is 0.250. The van der Waals surface area contributed by atoms with Crippen LogP contribution >= 0.6 is 0 Å². The Bertz CT molecular complexity index is 882. The van der Waals surface area contributed by atoms with Gasteiger partial charge < -0.3 is 14.2 Å². The van der Waals surface area contributed by atoms with Gasteiger partial charge in [0.05, 0.1) is 0 Å². The summed E-state index contributed by atoms with van der Waals surface area (Å²) >= 11 is 0. The molecule has 0 N–H and O–H groups in total. The predicted molar refractivity (Wildman–Crippen MR) is 151 cm³/mol. The van der Waals surface area contributed by atoms with Crippen LogP contribution in [-0.4, -0.2) is 0 Å². The van der Waals surface area contributed by atoms with Gasteiger partial charge >= 0.3 is 0 Å². The van der Waals surface area contributed by atoms with Crippen LogP contribution in [0.4, 0.5) is 0 Å². The molecule has 0 aliphatic heterocycles. The molecule has 0 saturated carbocycles. The van der Waals surface area contributed by atoms with E-state index in [9.17, 15) is 0 Å². The van der Waals surface area contributed by atoms with Gasteiger partial charge in [0.15, 0.2) is 0 Å². The van der Waals surface area contributed by atoms with Crippen molar-refractivity contribution in [1.82, 2.24) is 0 Å². The number of benzene rings is 4. The van der Waals surface area contributed by atoms with Gasteiger partial charge in [0.25, 0.3) is 0 Å². The maximum absolute atomic E-state index is 5.88. The summed E-state index contributed by atoms with van der Waals surface area (Å²) in [6.07, 6.45) is 0. The average Bonchev–Trinajstić information content (AvgIpc) is 2.96. The van der Waals surface area contributed by atoms with Crippen molar-refractivity contribution in [2.24, 2.45) is 0 Å². The highest BCUT2D eigenvalue weighted by atomic mass is 16.5. The molecule has 0 aliphatic rings. The summed E-state index contributed by atoms with van der Waals surface area (Å²) in [5.74, 6) is 4.62. The molecule has 4 aromatic rings. The minimum atomic E-state index is 0.743. The van der Waals surface area contributed by atoms with Crippen LogP contribution in [-0.2, 0) is 0 Å². The maximum Gasteiger partial charge on any atom is 0.127 e. The minimum Gasteiger partial charge on any atom is -0.457 e. The molecular formula is C32H42O3. The van der Waals surface area contributed by atoms with Crippen LogP contribution in [0.15, 0.2) is 109 Å². The normalized spacial score (nSPS) is 8.57. The summed E-state index contributed by atoms with van der Waals surface area (Å²) in [7, 11) is 0. The molecule has 0 fully saturated rings. The van der Waals surface area contributed by atoms with E-state index < -0.39 is 0 Å². The molecule has 35 heavy (non-hydrogen) atoms. The Kier molecular flexibility index (Phi) is 18.6. The number of rotatable bonds is 6. The first kappa shape index (κ1) is 31.3. The molecule has 0 amide bonds. The Morgan fingerprint density at radius 3 is 0.629 bits per heavy atom. The van der Waals surface area contributed by atoms with Gasteiger partial charge in [0.2, 0.25) is 0 Å². The molecule has 4 rings (SSSR count). The molecular weight excluding hydrogens is 432 g/mol. The van der Waals surface area contributed by atoms with Crippen molar-refractivity contribution >= 4 is 0 Å². The summed E-state index contributed by atoms with van der Waals surface area (Å²) in [4.78, 5) is 0. The van der Waals surface area contributed by atoms with Gasteiger partial charge in [-0.3, -0.25) is 0 Å². The van der Waals surface area contributed by atoms with Gasteiger partial charge in [-0.2, -0.15) is 0 Å². The van der Waals surface area contributed by atoms with E-state index in [-0.39, 0.29) is 0 Å². The summed E-state index contributed by atoms with van der Waals surface area (Å²) in [5.41, 5.74) is 0. The van der Waals surface area contributed by atoms with E-state index in [4.69, 9.17) is 14.2 Å². The summed E-state index contributed by atoms with van der Waals surface area (Å²) in [6.45, 7) is 16.0. The molecule has 0 aliphatic carbocycles. The van der Waals surface area contributed by atoms with E-state index in [0.717, 1.165) is 34.5 Å². The maximum atomic E-state index is 5.88. The SMILES string of the molecule is CC.CC.CC.CC.c1ccc(Oc2ccc(Oc3ccc(Oc4ccccc4)cc3)cc2)cc1. The highest BCUT2D eigenvalue weighted by molar-refractivity contribution is 5.40. The van der Waals surface area contributed by atoms with Crippen LogP contribution in [0.3, 0.4) is 0 Å². The molecule has 3 nitrogen and oxygen atoms in total. The van der Waals surface area contributed by atoms with Gasteiger partial charge in [0.1, 0.15) is 34.5 Å². The lowest BCUT2D eigenvalue weighted by molar-refractivity contribution is 0.464. The monoisotopic (exact) mass is 474 g/mol. The van der Waals surface area contributed by atoms with Gasteiger partial charge in [-0.15, -0.1) is 0 Å². The molecule has 0 saturated heterocycles. The van der Waals surface area contributed by atoms with E-state index in [2.05, 4.69) is 0 Å². The molecule has 0 atom stereocenters. The van der Waals surface area contributed by atoms with Crippen LogP contribution < -0.4 is 14.2 Å². The Morgan fingerprint density at radius 2 is 0.429 bits per heavy atom. The number of para-hydroxylation sites is 2. The van der Waals surface area contributed by atoms with E-state index in [1.54, 1.807) is 0 Å². The van der Waals surface area contributed by atoms with Crippen LogP contribution in [0.25, 0.3) is 0 Å². The zero-order valence-corrected chi connectivity index (χ0v) is 22.6. The lowest BCUT2D eigenvalue weighted by atomic mass is 10.3. The molecule has 3 heteroatoms. The Balaban J connectivity index is 0.00000132. The van der Waals surface area contributed by atoms with Crippen molar-refractivity contribution in [3.05, 3.63) is 109 Å². The lowest BCUT2D eigenvalue weighted by Crippen LogP contribution is -1.87. The topological polar surface area (TPSA) is 27.7 Å². The molecule has 0 radical (unpaired) electrons. The second-order valence-corrected chi connectivity index (χ2v) is 5.88. The van der Waals surface area contributed by atoms with Crippen molar-refractivity contribution in [3.8, 4) is 34.5 Å². The van der Waals surface area contributed by atoms with Crippen molar-refractivity contribution in [1.29, 1.82) is 0 Å². The van der Waals surface area contributed by atoms with E-state index in [1.807, 2.05) is 165 Å². The molecule has 188 valence electrons. The van der Waals surface area contributed by atoms with Gasteiger partial charge in [-0.05, 0) is 72.8 Å². The van der Waals surface area contributed by atoms with Crippen molar-refractivity contribution in [2.45, 2.75) is 55.4 Å². The largest absolute Gasteiger partial charge is 0.457 e. The standard InChI is InChI=1S/C24H18O3.4C2H6/c1-3-7-19(8-4-1)25-21-11-15-23(16-12-21)27-24-17-13-22(14-18-24)26-20-9-5-2-6-10-20;4*1-2/h1-18H;4*1-2H3. The van der Waals surface area contributed by atoms with Crippen molar-refractivity contribution < 1.29 is 14.2 Å². The molecule has 4 aromatic carbocycles. The van der Waals surface area contributed by atoms with Crippen molar-refractivity contribution in [3.63, 3.8) is 0 Å². The molecule has 0 bridgehead atoms. The smallest absolute Gasteiger partial charge is 0.127 e. The minimum absolute atomic E-state index is 0.743. The van der Waals surface area contributed by atoms with Crippen LogP contribution in [0, 0.1) is 0 Å². The first-order valence-electron chi connectivity index (χ1n) is 12.7. The second-order valence-electron chi connectivity index (χ2n) is 5.88. The first-order chi connectivity index (χ1) is 17.3. The summed E-state index contributed by atoms with van der Waals surface area (Å²) in [6, 6.07) is 34.4. The number of ether oxygens (including phenoxy) is 3. The number of hydrogen-bond donors (Lipinski definition) is 0. The Morgan fingerprint density at radius 1 is 0.257 bits per heavy atom. The third-order valence-corrected chi connectivity index (χ3v) is 3.84. The van der Waals surface area contributed by atoms with Crippen LogP contribution in [0.5, 0.6) is 34.5 Å². The van der Waals surface area contributed by atoms with Gasteiger partial charge in [-0.25, -0.2) is 0 Å². The van der Waals surface area contributed by atoms with Crippen molar-refractivity contribution in [2.75, 3.05) is 0 Å². The highest BCUT2D eigenvalue weighted by Gasteiger charge is 2.02. The predicted octanol–water partition coefficient (Wildman–Crippen LogP) is 11.2. The van der Waals surface area contributed by atoms with E-state index in [0.29, 0.717) is 0 Å². The fourth-order valence-electron chi connectivity index (χ4n) is 2.54. The Hall–Kier alpha value is -3.72. The third kappa shape index (κ3) is 12.4. The second kappa shape index (κ2) is 20.9. The highest BCUT2D eigenvalue weighted by Crippen LogP contribution is 2.29. The zero-order chi connectivity index (χ0) is 26.3. The quantitative estimate of drug-likeness (QED) is 0.278. The zero-order valence-electron chi connectivity index (χ0n) is 22.6. The fourth-order valence-corrected chi connectivity index (χ4v) is 2.54. The lowest BCUT2D eigenvalue weighted by Gasteiger charge is -2.09. The molecule has 0 unspecified atom stereocenters. The first-order valence-corrected chi connectivity index (χ1v) is 12.7. The van der Waals surface area contributed by atoms with Gasteiger partial charge in [0, 0.05) is 0 Å². The van der Waals surface area contributed by atoms with E-state index >= 15 is 0 Å². The number of hydrogen-bond acceptors (Lipinski definition) is 3. The molecule has 0 aromatic heterocycles. The summed E-state index contributed by atoms with van der Waals surface area (Å²) in [5, 5.41) is 0. The third-order valence-electron chi connectivity index (χ3n) is 3.84. The van der Waals surface area contributed by atoms with Crippen LogP contribution in [0.2, 0.25) is 0 Å². The van der Waals surface area contributed by atoms with E-state index in [1.165, 1.54) is 0 Å². The summed E-state index contributed by atoms with van der Waals surface area (Å²) < 4.78 is 17.4. The molecule has 0 spiro atoms.